The number of ether oxygens (including phenoxy) is 2. The van der Waals surface area contributed by atoms with Gasteiger partial charge in [0.2, 0.25) is 11.8 Å². The highest BCUT2D eigenvalue weighted by molar-refractivity contribution is 5.84. The maximum atomic E-state index is 10.6. The molecule has 0 bridgehead atoms. The summed E-state index contributed by atoms with van der Waals surface area (Å²) in [7, 11) is 2.60. The summed E-state index contributed by atoms with van der Waals surface area (Å²) in [5.74, 6) is -1.13. The van der Waals surface area contributed by atoms with E-state index >= 15 is 0 Å². The lowest BCUT2D eigenvalue weighted by atomic mass is 10.2. The molecule has 0 heterocycles. The molecule has 0 aliphatic rings. The molecular weight excluding hydrogens is 292 g/mol. The van der Waals surface area contributed by atoms with E-state index in [1.165, 1.54) is 34.1 Å². The van der Waals surface area contributed by atoms with E-state index in [2.05, 4.69) is 20.1 Å². The van der Waals surface area contributed by atoms with Gasteiger partial charge in [-0.25, -0.2) is 4.79 Å². The van der Waals surface area contributed by atoms with Gasteiger partial charge >= 0.3 is 11.9 Å². The number of carbonyl (C=O) groups excluding carboxylic acids is 4. The number of hydrogen-bond donors (Lipinski definition) is 2. The molecule has 0 fully saturated rings. The Labute approximate surface area is 130 Å². The second-order valence-electron chi connectivity index (χ2n) is 4.41. The van der Waals surface area contributed by atoms with Crippen LogP contribution in [0.2, 0.25) is 0 Å². The smallest absolute Gasteiger partial charge is 0.332 e. The van der Waals surface area contributed by atoms with E-state index in [1.807, 2.05) is 0 Å². The number of rotatable bonds is 5. The maximum absolute atomic E-state index is 10.6. The first-order chi connectivity index (χ1) is 10.1. The van der Waals surface area contributed by atoms with E-state index in [-0.39, 0.29) is 30.2 Å². The van der Waals surface area contributed by atoms with Crippen molar-refractivity contribution in [2.75, 3.05) is 14.2 Å². The van der Waals surface area contributed by atoms with E-state index in [4.69, 9.17) is 0 Å². The van der Waals surface area contributed by atoms with Gasteiger partial charge in [-0.3, -0.25) is 14.4 Å². The van der Waals surface area contributed by atoms with Crippen molar-refractivity contribution in [2.24, 2.45) is 0 Å². The SMILES string of the molecule is COC(=O)/C=C(/C)NC(C)=O.COC(=O)CC(C)NC(C)=O. The molecule has 2 amide bonds. The predicted octanol–water partition coefficient (Wildman–Crippen LogP) is 0.273. The fraction of sp³-hybridized carbons (Fsp3) is 0.571. The highest BCUT2D eigenvalue weighted by Gasteiger charge is 2.08. The van der Waals surface area contributed by atoms with Gasteiger partial charge in [-0.1, -0.05) is 0 Å². The summed E-state index contributed by atoms with van der Waals surface area (Å²) in [5, 5.41) is 5.00. The minimum Gasteiger partial charge on any atom is -0.469 e. The number of allylic oxidation sites excluding steroid dienone is 1. The summed E-state index contributed by atoms with van der Waals surface area (Å²) in [6.07, 6.45) is 1.43. The van der Waals surface area contributed by atoms with Gasteiger partial charge in [0.25, 0.3) is 0 Å². The Morgan fingerprint density at radius 3 is 1.91 bits per heavy atom. The molecule has 0 saturated carbocycles. The van der Waals surface area contributed by atoms with Crippen LogP contribution in [0.5, 0.6) is 0 Å². The van der Waals surface area contributed by atoms with Crippen molar-refractivity contribution in [2.45, 2.75) is 40.2 Å². The highest BCUT2D eigenvalue weighted by atomic mass is 16.5. The fourth-order valence-corrected chi connectivity index (χ4v) is 1.28. The first-order valence-electron chi connectivity index (χ1n) is 6.50. The Balaban J connectivity index is 0. The van der Waals surface area contributed by atoms with E-state index in [1.54, 1.807) is 13.8 Å². The Hall–Kier alpha value is -2.38. The molecule has 8 heteroatoms. The summed E-state index contributed by atoms with van der Waals surface area (Å²) < 4.78 is 8.75. The zero-order valence-corrected chi connectivity index (χ0v) is 13.8. The van der Waals surface area contributed by atoms with Crippen LogP contribution in [0.1, 0.15) is 34.1 Å². The second-order valence-corrected chi connectivity index (χ2v) is 4.41. The summed E-state index contributed by atoms with van der Waals surface area (Å²) in [5.41, 5.74) is 0.476. The minimum absolute atomic E-state index is 0.138. The van der Waals surface area contributed by atoms with Crippen molar-refractivity contribution < 1.29 is 28.7 Å². The van der Waals surface area contributed by atoms with Crippen LogP contribution in [-0.4, -0.2) is 44.0 Å². The molecule has 8 nitrogen and oxygen atoms in total. The first kappa shape index (κ1) is 21.9. The monoisotopic (exact) mass is 316 g/mol. The molecule has 0 rings (SSSR count). The van der Waals surface area contributed by atoms with Crippen LogP contribution in [0.25, 0.3) is 0 Å². The molecule has 1 atom stereocenters. The van der Waals surface area contributed by atoms with Crippen LogP contribution in [0.15, 0.2) is 11.8 Å². The Kier molecular flexibility index (Phi) is 12.3. The molecule has 0 aliphatic heterocycles. The van der Waals surface area contributed by atoms with Crippen molar-refractivity contribution in [3.8, 4) is 0 Å². The molecule has 0 aromatic heterocycles. The van der Waals surface area contributed by atoms with Crippen LogP contribution in [0.3, 0.4) is 0 Å². The summed E-state index contributed by atoms with van der Waals surface area (Å²) in [6, 6.07) is -0.153. The Morgan fingerprint density at radius 1 is 1.00 bits per heavy atom. The van der Waals surface area contributed by atoms with Gasteiger partial charge < -0.3 is 20.1 Å². The maximum Gasteiger partial charge on any atom is 0.332 e. The number of hydrogen-bond acceptors (Lipinski definition) is 6. The number of amides is 2. The summed E-state index contributed by atoms with van der Waals surface area (Å²) in [4.78, 5) is 42.1. The van der Waals surface area contributed by atoms with Crippen LogP contribution in [-0.2, 0) is 28.7 Å². The van der Waals surface area contributed by atoms with Gasteiger partial charge in [0.15, 0.2) is 0 Å². The van der Waals surface area contributed by atoms with Crippen LogP contribution in [0.4, 0.5) is 0 Å². The molecule has 0 radical (unpaired) electrons. The van der Waals surface area contributed by atoms with Gasteiger partial charge in [-0.2, -0.15) is 0 Å². The van der Waals surface area contributed by atoms with Crippen LogP contribution < -0.4 is 10.6 Å². The summed E-state index contributed by atoms with van der Waals surface area (Å²) >= 11 is 0. The van der Waals surface area contributed by atoms with Gasteiger partial charge in [0, 0.05) is 31.7 Å². The van der Waals surface area contributed by atoms with Crippen LogP contribution >= 0.6 is 0 Å². The number of nitrogens with one attached hydrogen (secondary N) is 2. The molecule has 0 aromatic rings. The zero-order valence-electron chi connectivity index (χ0n) is 13.8. The predicted molar refractivity (Wildman–Crippen MR) is 79.5 cm³/mol. The molecule has 0 aliphatic carbocycles. The van der Waals surface area contributed by atoms with E-state index in [0.717, 1.165) is 0 Å². The lowest BCUT2D eigenvalue weighted by Gasteiger charge is -2.09. The molecule has 0 aromatic carbocycles. The van der Waals surface area contributed by atoms with Crippen molar-refractivity contribution in [1.29, 1.82) is 0 Å². The average molecular weight is 316 g/mol. The Bertz CT molecular complexity index is 431. The van der Waals surface area contributed by atoms with Gasteiger partial charge in [0.05, 0.1) is 20.6 Å². The van der Waals surface area contributed by atoms with Crippen molar-refractivity contribution >= 4 is 23.8 Å². The van der Waals surface area contributed by atoms with Crippen molar-refractivity contribution in [3.63, 3.8) is 0 Å². The normalized spacial score (nSPS) is 11.3. The summed E-state index contributed by atoms with van der Waals surface area (Å²) in [6.45, 7) is 6.14. The number of carbonyl (C=O) groups is 4. The minimum atomic E-state index is -0.476. The van der Waals surface area contributed by atoms with Crippen LogP contribution in [0, 0.1) is 0 Å². The fourth-order valence-electron chi connectivity index (χ4n) is 1.28. The second kappa shape index (κ2) is 12.4. The third-order valence-corrected chi connectivity index (χ3v) is 2.06. The highest BCUT2D eigenvalue weighted by Crippen LogP contribution is 1.92. The topological polar surface area (TPSA) is 111 Å². The van der Waals surface area contributed by atoms with E-state index in [0.29, 0.717) is 5.70 Å². The number of esters is 2. The van der Waals surface area contributed by atoms with Gasteiger partial charge in [-0.05, 0) is 13.8 Å². The average Bonchev–Trinajstić information content (AvgIpc) is 2.36. The Morgan fingerprint density at radius 2 is 1.55 bits per heavy atom. The van der Waals surface area contributed by atoms with Gasteiger partial charge in [0.1, 0.15) is 0 Å². The van der Waals surface area contributed by atoms with E-state index < -0.39 is 5.97 Å². The molecule has 126 valence electrons. The van der Waals surface area contributed by atoms with Crippen molar-refractivity contribution in [3.05, 3.63) is 11.8 Å². The molecule has 22 heavy (non-hydrogen) atoms. The van der Waals surface area contributed by atoms with Crippen molar-refractivity contribution in [1.82, 2.24) is 10.6 Å². The molecule has 0 spiro atoms. The third kappa shape index (κ3) is 15.7. The standard InChI is InChI=1S/C7H13NO3.C7H11NO3/c2*1-5(8-6(2)9)4-7(10)11-3/h5H,4H2,1-3H3,(H,8,9);4H,1-3H3,(H,8,9)/b;5-4-. The largest absolute Gasteiger partial charge is 0.469 e. The van der Waals surface area contributed by atoms with Gasteiger partial charge in [-0.15, -0.1) is 0 Å². The first-order valence-corrected chi connectivity index (χ1v) is 6.50. The molecule has 2 N–H and O–H groups in total. The molecule has 1 unspecified atom stereocenters. The molecule has 0 saturated heterocycles. The lowest BCUT2D eigenvalue weighted by Crippen LogP contribution is -2.32. The molecular formula is C14H24N2O6. The number of methoxy groups -OCH3 is 2. The lowest BCUT2D eigenvalue weighted by molar-refractivity contribution is -0.141. The third-order valence-electron chi connectivity index (χ3n) is 2.06. The zero-order chi connectivity index (χ0) is 17.7. The quantitative estimate of drug-likeness (QED) is 0.556. The van der Waals surface area contributed by atoms with E-state index in [9.17, 15) is 19.2 Å².